The fourth-order valence-corrected chi connectivity index (χ4v) is 3.65. The smallest absolute Gasteiger partial charge is 0.119 e. The van der Waals surface area contributed by atoms with E-state index >= 15 is 0 Å². The van der Waals surface area contributed by atoms with Gasteiger partial charge < -0.3 is 10.1 Å². The van der Waals surface area contributed by atoms with Crippen molar-refractivity contribution in [3.05, 3.63) is 29.8 Å². The highest BCUT2D eigenvalue weighted by Gasteiger charge is 2.21. The normalized spacial score (nSPS) is 28.7. The molecule has 0 aliphatic carbocycles. The molecule has 4 heteroatoms. The molecule has 0 bridgehead atoms. The van der Waals surface area contributed by atoms with Gasteiger partial charge in [0.05, 0.1) is 6.61 Å². The molecule has 0 radical (unpaired) electrons. The van der Waals surface area contributed by atoms with E-state index in [4.69, 9.17) is 4.74 Å². The van der Waals surface area contributed by atoms with Crippen molar-refractivity contribution in [1.29, 1.82) is 0 Å². The minimum Gasteiger partial charge on any atom is -0.494 e. The SMILES string of the molecule is CCOc1ccc(C2CS(=O)CCC(C)N2)cc1. The minimum atomic E-state index is -0.711. The van der Waals surface area contributed by atoms with Gasteiger partial charge in [-0.25, -0.2) is 0 Å². The molecule has 1 aliphatic heterocycles. The molecule has 100 valence electrons. The average molecular weight is 267 g/mol. The van der Waals surface area contributed by atoms with Gasteiger partial charge in [-0.1, -0.05) is 12.1 Å². The van der Waals surface area contributed by atoms with Gasteiger partial charge in [0.2, 0.25) is 0 Å². The highest BCUT2D eigenvalue weighted by atomic mass is 32.2. The Balaban J connectivity index is 2.11. The monoisotopic (exact) mass is 267 g/mol. The fourth-order valence-electron chi connectivity index (χ4n) is 2.21. The molecule has 2 rings (SSSR count). The van der Waals surface area contributed by atoms with Gasteiger partial charge in [-0.15, -0.1) is 0 Å². The van der Waals surface area contributed by atoms with Crippen LogP contribution in [-0.2, 0) is 10.8 Å². The zero-order chi connectivity index (χ0) is 13.0. The van der Waals surface area contributed by atoms with Crippen molar-refractivity contribution in [2.45, 2.75) is 32.4 Å². The molecule has 3 atom stereocenters. The Kier molecular flexibility index (Phi) is 4.78. The van der Waals surface area contributed by atoms with Crippen molar-refractivity contribution < 1.29 is 8.95 Å². The molecule has 18 heavy (non-hydrogen) atoms. The molecule has 0 amide bonds. The summed E-state index contributed by atoms with van der Waals surface area (Å²) in [6.07, 6.45) is 0.986. The highest BCUT2D eigenvalue weighted by molar-refractivity contribution is 7.85. The summed E-state index contributed by atoms with van der Waals surface area (Å²) in [5, 5.41) is 3.54. The Morgan fingerprint density at radius 1 is 1.39 bits per heavy atom. The van der Waals surface area contributed by atoms with E-state index in [1.54, 1.807) is 0 Å². The van der Waals surface area contributed by atoms with Crippen LogP contribution in [0.15, 0.2) is 24.3 Å². The maximum atomic E-state index is 11.8. The van der Waals surface area contributed by atoms with Gasteiger partial charge in [0, 0.05) is 34.4 Å². The van der Waals surface area contributed by atoms with E-state index in [1.807, 2.05) is 19.1 Å². The summed E-state index contributed by atoms with van der Waals surface area (Å²) < 4.78 is 17.3. The van der Waals surface area contributed by atoms with Gasteiger partial charge in [0.15, 0.2) is 0 Å². The lowest BCUT2D eigenvalue weighted by Gasteiger charge is -2.19. The molecule has 0 saturated carbocycles. The molecule has 0 spiro atoms. The van der Waals surface area contributed by atoms with Crippen LogP contribution in [0.1, 0.15) is 31.9 Å². The number of benzene rings is 1. The first-order valence-electron chi connectivity index (χ1n) is 6.53. The Morgan fingerprint density at radius 3 is 2.78 bits per heavy atom. The van der Waals surface area contributed by atoms with Crippen molar-refractivity contribution in [2.75, 3.05) is 18.1 Å². The largest absolute Gasteiger partial charge is 0.494 e. The number of hydrogen-bond acceptors (Lipinski definition) is 3. The lowest BCUT2D eigenvalue weighted by molar-refractivity contribution is 0.340. The summed E-state index contributed by atoms with van der Waals surface area (Å²) in [6.45, 7) is 4.82. The summed E-state index contributed by atoms with van der Waals surface area (Å²) in [6, 6.07) is 8.72. The molecule has 3 unspecified atom stereocenters. The molecule has 3 nitrogen and oxygen atoms in total. The topological polar surface area (TPSA) is 38.3 Å². The summed E-state index contributed by atoms with van der Waals surface area (Å²) in [7, 11) is -0.711. The summed E-state index contributed by atoms with van der Waals surface area (Å²) in [5.74, 6) is 2.41. The molecule has 1 fully saturated rings. The van der Waals surface area contributed by atoms with E-state index in [0.29, 0.717) is 18.4 Å². The van der Waals surface area contributed by atoms with Crippen LogP contribution < -0.4 is 10.1 Å². The fraction of sp³-hybridized carbons (Fsp3) is 0.571. The molecule has 1 aromatic carbocycles. The predicted molar refractivity (Wildman–Crippen MR) is 75.4 cm³/mol. The molecule has 1 heterocycles. The molecule has 1 N–H and O–H groups in total. The van der Waals surface area contributed by atoms with Crippen LogP contribution in [0.2, 0.25) is 0 Å². The number of ether oxygens (including phenoxy) is 1. The van der Waals surface area contributed by atoms with Gasteiger partial charge in [0.1, 0.15) is 5.75 Å². The van der Waals surface area contributed by atoms with Crippen LogP contribution in [0.25, 0.3) is 0 Å². The molecular formula is C14H21NO2S. The van der Waals surface area contributed by atoms with Crippen LogP contribution in [-0.4, -0.2) is 28.4 Å². The maximum Gasteiger partial charge on any atom is 0.119 e. The van der Waals surface area contributed by atoms with E-state index in [1.165, 1.54) is 5.56 Å². The number of hydrogen-bond donors (Lipinski definition) is 1. The van der Waals surface area contributed by atoms with Gasteiger partial charge in [-0.2, -0.15) is 0 Å². The van der Waals surface area contributed by atoms with Gasteiger partial charge >= 0.3 is 0 Å². The lowest BCUT2D eigenvalue weighted by atomic mass is 10.1. The van der Waals surface area contributed by atoms with E-state index in [2.05, 4.69) is 24.4 Å². The third-order valence-electron chi connectivity index (χ3n) is 3.21. The van der Waals surface area contributed by atoms with Crippen molar-refractivity contribution >= 4 is 10.8 Å². The first-order valence-corrected chi connectivity index (χ1v) is 8.01. The maximum absolute atomic E-state index is 11.8. The molecule has 1 aromatic rings. The summed E-state index contributed by atoms with van der Waals surface area (Å²) in [5.41, 5.74) is 1.19. The second kappa shape index (κ2) is 6.34. The lowest BCUT2D eigenvalue weighted by Crippen LogP contribution is -2.30. The molecule has 0 aromatic heterocycles. The highest BCUT2D eigenvalue weighted by Crippen LogP contribution is 2.21. The van der Waals surface area contributed by atoms with Crippen molar-refractivity contribution in [2.24, 2.45) is 0 Å². The minimum absolute atomic E-state index is 0.194. The number of rotatable bonds is 3. The zero-order valence-corrected chi connectivity index (χ0v) is 11.8. The van der Waals surface area contributed by atoms with Crippen molar-refractivity contribution in [3.63, 3.8) is 0 Å². The Bertz CT molecular complexity index is 405. The van der Waals surface area contributed by atoms with Gasteiger partial charge in [-0.05, 0) is 38.0 Å². The van der Waals surface area contributed by atoms with Gasteiger partial charge in [-0.3, -0.25) is 4.21 Å². The second-order valence-electron chi connectivity index (χ2n) is 4.72. The quantitative estimate of drug-likeness (QED) is 0.913. The predicted octanol–water partition coefficient (Wildman–Crippen LogP) is 2.26. The van der Waals surface area contributed by atoms with Crippen molar-refractivity contribution in [1.82, 2.24) is 5.32 Å². The van der Waals surface area contributed by atoms with Crippen LogP contribution >= 0.6 is 0 Å². The zero-order valence-electron chi connectivity index (χ0n) is 11.0. The molecule has 1 saturated heterocycles. The second-order valence-corrected chi connectivity index (χ2v) is 6.34. The first kappa shape index (κ1) is 13.6. The van der Waals surface area contributed by atoms with Crippen LogP contribution in [0, 0.1) is 0 Å². The summed E-state index contributed by atoms with van der Waals surface area (Å²) in [4.78, 5) is 0. The first-order chi connectivity index (χ1) is 8.69. The average Bonchev–Trinajstić information content (AvgIpc) is 2.53. The Morgan fingerprint density at radius 2 is 2.11 bits per heavy atom. The summed E-state index contributed by atoms with van der Waals surface area (Å²) >= 11 is 0. The third kappa shape index (κ3) is 3.56. The molecular weight excluding hydrogens is 246 g/mol. The number of nitrogens with one attached hydrogen (secondary N) is 1. The molecule has 1 aliphatic rings. The Labute approximate surface area is 111 Å². The van der Waals surface area contributed by atoms with E-state index in [0.717, 1.165) is 17.9 Å². The van der Waals surface area contributed by atoms with Gasteiger partial charge in [0.25, 0.3) is 0 Å². The Hall–Kier alpha value is -0.870. The van der Waals surface area contributed by atoms with E-state index < -0.39 is 10.8 Å². The van der Waals surface area contributed by atoms with Crippen LogP contribution in [0.4, 0.5) is 0 Å². The van der Waals surface area contributed by atoms with Crippen LogP contribution in [0.5, 0.6) is 5.75 Å². The van der Waals surface area contributed by atoms with Crippen LogP contribution in [0.3, 0.4) is 0 Å². The standard InChI is InChI=1S/C14H21NO2S/c1-3-17-13-6-4-12(5-7-13)14-10-18(16)9-8-11(2)15-14/h4-7,11,14-15H,3,8-10H2,1-2H3. The third-order valence-corrected chi connectivity index (χ3v) is 4.61. The van der Waals surface area contributed by atoms with E-state index in [9.17, 15) is 4.21 Å². The van der Waals surface area contributed by atoms with Crippen molar-refractivity contribution in [3.8, 4) is 5.75 Å². The van der Waals surface area contributed by atoms with E-state index in [-0.39, 0.29) is 6.04 Å².